The Labute approximate surface area is 142 Å². The topological polar surface area (TPSA) is 75.7 Å². The maximum Gasteiger partial charge on any atom is 0.264 e. The second-order valence-electron chi connectivity index (χ2n) is 6.00. The van der Waals surface area contributed by atoms with Crippen molar-refractivity contribution in [1.29, 1.82) is 0 Å². The molecule has 1 heterocycles. The van der Waals surface area contributed by atoms with Gasteiger partial charge in [-0.25, -0.2) is 0 Å². The van der Waals surface area contributed by atoms with Gasteiger partial charge < -0.3 is 15.0 Å². The van der Waals surface area contributed by atoms with E-state index in [2.05, 4.69) is 5.32 Å². The molecule has 2 rings (SSSR count). The third-order valence-electron chi connectivity index (χ3n) is 4.24. The molecule has 0 aliphatic carbocycles. The maximum absolute atomic E-state index is 12.7. The molecule has 1 N–H and O–H groups in total. The highest BCUT2D eigenvalue weighted by Gasteiger charge is 2.34. The number of ketones is 1. The first-order chi connectivity index (χ1) is 11.4. The van der Waals surface area contributed by atoms with Gasteiger partial charge in [0.1, 0.15) is 11.8 Å². The van der Waals surface area contributed by atoms with Gasteiger partial charge in [0.05, 0.1) is 0 Å². The largest absolute Gasteiger partial charge is 0.481 e. The van der Waals surface area contributed by atoms with Crippen LogP contribution in [-0.2, 0) is 9.59 Å². The summed E-state index contributed by atoms with van der Waals surface area (Å²) >= 11 is 0. The number of carbonyl (C=O) groups excluding carboxylic acids is 3. The van der Waals surface area contributed by atoms with Crippen LogP contribution < -0.4 is 10.1 Å². The van der Waals surface area contributed by atoms with Crippen LogP contribution in [0.15, 0.2) is 24.3 Å². The number of likely N-dealkylation sites (tertiary alicyclic amines) is 1. The standard InChI is InChI=1S/C18H24N2O4/c1-12(21)14-7-6-8-15(11-14)24-13(2)18(23)20-10-5-4-9-16(20)17(22)19-3/h6-8,11,13,16H,4-5,9-10H2,1-3H3,(H,19,22). The number of nitrogens with zero attached hydrogens (tertiary/aromatic N) is 1. The minimum absolute atomic E-state index is 0.0601. The fourth-order valence-corrected chi connectivity index (χ4v) is 2.91. The predicted octanol–water partition coefficient (Wildman–Crippen LogP) is 1.78. The molecule has 0 spiro atoms. The van der Waals surface area contributed by atoms with Gasteiger partial charge in [-0.15, -0.1) is 0 Å². The number of nitrogens with one attached hydrogen (secondary N) is 1. The van der Waals surface area contributed by atoms with Gasteiger partial charge in [0, 0.05) is 19.2 Å². The summed E-state index contributed by atoms with van der Waals surface area (Å²) in [6.07, 6.45) is 1.75. The van der Waals surface area contributed by atoms with Gasteiger partial charge in [-0.3, -0.25) is 14.4 Å². The molecule has 24 heavy (non-hydrogen) atoms. The van der Waals surface area contributed by atoms with Crippen molar-refractivity contribution in [2.45, 2.75) is 45.3 Å². The van der Waals surface area contributed by atoms with Crippen LogP contribution in [0.1, 0.15) is 43.5 Å². The molecule has 0 saturated carbocycles. The number of hydrogen-bond acceptors (Lipinski definition) is 4. The Hall–Kier alpha value is -2.37. The zero-order valence-electron chi connectivity index (χ0n) is 14.4. The van der Waals surface area contributed by atoms with Gasteiger partial charge in [-0.05, 0) is 45.2 Å². The Morgan fingerprint density at radius 3 is 2.71 bits per heavy atom. The molecule has 0 bridgehead atoms. The molecule has 2 amide bonds. The van der Waals surface area contributed by atoms with Crippen LogP contribution in [0.5, 0.6) is 5.75 Å². The van der Waals surface area contributed by atoms with Crippen molar-refractivity contribution in [3.05, 3.63) is 29.8 Å². The van der Waals surface area contributed by atoms with Crippen molar-refractivity contribution in [3.63, 3.8) is 0 Å². The van der Waals surface area contributed by atoms with Crippen LogP contribution in [0.2, 0.25) is 0 Å². The van der Waals surface area contributed by atoms with E-state index < -0.39 is 12.1 Å². The molecule has 2 atom stereocenters. The Balaban J connectivity index is 2.09. The Morgan fingerprint density at radius 2 is 2.04 bits per heavy atom. The molecule has 1 aliphatic rings. The summed E-state index contributed by atoms with van der Waals surface area (Å²) < 4.78 is 5.71. The highest BCUT2D eigenvalue weighted by molar-refractivity contribution is 5.94. The molecule has 2 unspecified atom stereocenters. The smallest absolute Gasteiger partial charge is 0.264 e. The van der Waals surface area contributed by atoms with Crippen LogP contribution in [0.3, 0.4) is 0 Å². The molecular weight excluding hydrogens is 308 g/mol. The van der Waals surface area contributed by atoms with Crippen LogP contribution in [0.4, 0.5) is 0 Å². The SMILES string of the molecule is CNC(=O)C1CCCCN1C(=O)C(C)Oc1cccc(C(C)=O)c1. The lowest BCUT2D eigenvalue weighted by molar-refractivity contribution is -0.147. The molecule has 0 radical (unpaired) electrons. The normalized spacial score (nSPS) is 18.6. The van der Waals surface area contributed by atoms with Crippen LogP contribution in [0.25, 0.3) is 0 Å². The first-order valence-corrected chi connectivity index (χ1v) is 8.23. The lowest BCUT2D eigenvalue weighted by Gasteiger charge is -2.35. The first kappa shape index (κ1) is 18.0. The average molecular weight is 332 g/mol. The zero-order chi connectivity index (χ0) is 17.7. The first-order valence-electron chi connectivity index (χ1n) is 8.23. The molecule has 130 valence electrons. The summed E-state index contributed by atoms with van der Waals surface area (Å²) in [7, 11) is 1.58. The fourth-order valence-electron chi connectivity index (χ4n) is 2.91. The third kappa shape index (κ3) is 4.13. The lowest BCUT2D eigenvalue weighted by atomic mass is 10.0. The van der Waals surface area contributed by atoms with Crippen LogP contribution >= 0.6 is 0 Å². The van der Waals surface area contributed by atoms with E-state index in [0.717, 1.165) is 12.8 Å². The number of amides is 2. The van der Waals surface area contributed by atoms with E-state index in [1.807, 2.05) is 0 Å². The van der Waals surface area contributed by atoms with E-state index in [1.54, 1.807) is 43.1 Å². The highest BCUT2D eigenvalue weighted by Crippen LogP contribution is 2.21. The van der Waals surface area contributed by atoms with Crippen molar-refractivity contribution >= 4 is 17.6 Å². The van der Waals surface area contributed by atoms with Gasteiger partial charge in [0.25, 0.3) is 5.91 Å². The molecule has 1 saturated heterocycles. The molecule has 6 nitrogen and oxygen atoms in total. The average Bonchev–Trinajstić information content (AvgIpc) is 2.60. The van der Waals surface area contributed by atoms with E-state index in [0.29, 0.717) is 24.3 Å². The summed E-state index contributed by atoms with van der Waals surface area (Å²) in [5, 5.41) is 2.62. The van der Waals surface area contributed by atoms with Gasteiger partial charge in [-0.1, -0.05) is 12.1 Å². The number of carbonyl (C=O) groups is 3. The Kier molecular flexibility index (Phi) is 5.95. The van der Waals surface area contributed by atoms with Crippen molar-refractivity contribution in [2.75, 3.05) is 13.6 Å². The fraction of sp³-hybridized carbons (Fsp3) is 0.500. The minimum atomic E-state index is -0.725. The second kappa shape index (κ2) is 7.95. The molecule has 0 aromatic heterocycles. The summed E-state index contributed by atoms with van der Waals surface area (Å²) in [4.78, 5) is 37.7. The summed E-state index contributed by atoms with van der Waals surface area (Å²) in [6, 6.07) is 6.32. The van der Waals surface area contributed by atoms with E-state index in [9.17, 15) is 14.4 Å². The summed E-state index contributed by atoms with van der Waals surface area (Å²) in [5.41, 5.74) is 0.536. The maximum atomic E-state index is 12.7. The summed E-state index contributed by atoms with van der Waals surface area (Å²) in [5.74, 6) is 0.0533. The van der Waals surface area contributed by atoms with Crippen molar-refractivity contribution in [2.24, 2.45) is 0 Å². The minimum Gasteiger partial charge on any atom is -0.481 e. The van der Waals surface area contributed by atoms with E-state index in [1.165, 1.54) is 6.92 Å². The number of Topliss-reactive ketones (excluding diaryl/α,β-unsaturated/α-hetero) is 1. The zero-order valence-corrected chi connectivity index (χ0v) is 14.4. The van der Waals surface area contributed by atoms with Gasteiger partial charge in [-0.2, -0.15) is 0 Å². The van der Waals surface area contributed by atoms with Gasteiger partial charge >= 0.3 is 0 Å². The predicted molar refractivity (Wildman–Crippen MR) is 90.0 cm³/mol. The molecule has 6 heteroatoms. The van der Waals surface area contributed by atoms with Crippen LogP contribution in [0, 0.1) is 0 Å². The summed E-state index contributed by atoms with van der Waals surface area (Å²) in [6.45, 7) is 3.70. The molecule has 1 aliphatic heterocycles. The molecule has 1 fully saturated rings. The monoisotopic (exact) mass is 332 g/mol. The quantitative estimate of drug-likeness (QED) is 0.834. The van der Waals surface area contributed by atoms with Crippen molar-refractivity contribution in [1.82, 2.24) is 10.2 Å². The highest BCUT2D eigenvalue weighted by atomic mass is 16.5. The van der Waals surface area contributed by atoms with Crippen molar-refractivity contribution in [3.8, 4) is 5.75 Å². The Morgan fingerprint density at radius 1 is 1.29 bits per heavy atom. The van der Waals surface area contributed by atoms with E-state index >= 15 is 0 Å². The van der Waals surface area contributed by atoms with Gasteiger partial charge in [0.15, 0.2) is 11.9 Å². The molecular formula is C18H24N2O4. The number of piperidine rings is 1. The van der Waals surface area contributed by atoms with E-state index in [4.69, 9.17) is 4.74 Å². The van der Waals surface area contributed by atoms with E-state index in [-0.39, 0.29) is 17.6 Å². The van der Waals surface area contributed by atoms with Crippen LogP contribution in [-0.4, -0.2) is 48.2 Å². The number of rotatable bonds is 5. The molecule has 1 aromatic rings. The molecule has 1 aromatic carbocycles. The second-order valence-corrected chi connectivity index (χ2v) is 6.00. The number of hydrogen-bond donors (Lipinski definition) is 1. The van der Waals surface area contributed by atoms with Gasteiger partial charge in [0.2, 0.25) is 5.91 Å². The third-order valence-corrected chi connectivity index (χ3v) is 4.24. The number of likely N-dealkylation sites (N-methyl/N-ethyl adjacent to an activating group) is 1. The lowest BCUT2D eigenvalue weighted by Crippen LogP contribution is -2.54. The Bertz CT molecular complexity index is 629. The number of benzene rings is 1. The van der Waals surface area contributed by atoms with Crippen molar-refractivity contribution < 1.29 is 19.1 Å². The number of ether oxygens (including phenoxy) is 1.